The maximum absolute atomic E-state index is 4.50. The molecule has 0 amide bonds. The van der Waals surface area contributed by atoms with E-state index in [2.05, 4.69) is 32.9 Å². The fourth-order valence-corrected chi connectivity index (χ4v) is 3.53. The van der Waals surface area contributed by atoms with Crippen molar-refractivity contribution in [2.45, 2.75) is 45.1 Å². The molecule has 1 saturated carbocycles. The molecular weight excluding hydrogens is 236 g/mol. The van der Waals surface area contributed by atoms with Crippen molar-refractivity contribution in [3.8, 4) is 0 Å². The minimum atomic E-state index is 0.681. The predicted octanol–water partition coefficient (Wildman–Crippen LogP) is 2.75. The average Bonchev–Trinajstić information content (AvgIpc) is 3.16. The zero-order valence-corrected chi connectivity index (χ0v) is 12.0. The molecule has 2 heterocycles. The van der Waals surface area contributed by atoms with Crippen molar-refractivity contribution < 1.29 is 0 Å². The van der Waals surface area contributed by atoms with Gasteiger partial charge in [0.05, 0.1) is 0 Å². The minimum absolute atomic E-state index is 0.681. The van der Waals surface area contributed by atoms with Gasteiger partial charge >= 0.3 is 0 Å². The molecule has 19 heavy (non-hydrogen) atoms. The summed E-state index contributed by atoms with van der Waals surface area (Å²) in [5, 5.41) is 3.58. The van der Waals surface area contributed by atoms with Crippen molar-refractivity contribution in [3.05, 3.63) is 12.4 Å². The number of hydrogen-bond acceptors (Lipinski definition) is 3. The molecule has 1 aliphatic carbocycles. The third-order valence-electron chi connectivity index (χ3n) is 4.75. The molecule has 106 valence electrons. The fraction of sp³-hybridized carbons (Fsp3) is 0.800. The van der Waals surface area contributed by atoms with Crippen molar-refractivity contribution in [2.75, 3.05) is 31.5 Å². The van der Waals surface area contributed by atoms with Gasteiger partial charge in [0.2, 0.25) is 5.95 Å². The molecule has 1 aromatic rings. The smallest absolute Gasteiger partial charge is 0.203 e. The van der Waals surface area contributed by atoms with Crippen molar-refractivity contribution in [1.29, 1.82) is 0 Å². The molecule has 1 unspecified atom stereocenters. The van der Waals surface area contributed by atoms with E-state index in [0.29, 0.717) is 6.04 Å². The number of anilines is 1. The summed E-state index contributed by atoms with van der Waals surface area (Å²) in [6.45, 7) is 7.02. The topological polar surface area (TPSA) is 33.1 Å². The van der Waals surface area contributed by atoms with Crippen LogP contribution in [0.15, 0.2) is 12.4 Å². The Morgan fingerprint density at radius 3 is 2.89 bits per heavy atom. The molecule has 4 nitrogen and oxygen atoms in total. The second-order valence-electron chi connectivity index (χ2n) is 6.03. The summed E-state index contributed by atoms with van der Waals surface area (Å²) < 4.78 is 2.36. The molecule has 0 aromatic carbocycles. The first-order chi connectivity index (χ1) is 9.36. The first-order valence-electron chi connectivity index (χ1n) is 7.86. The summed E-state index contributed by atoms with van der Waals surface area (Å²) in [6.07, 6.45) is 10.8. The minimum Gasteiger partial charge on any atom is -0.355 e. The largest absolute Gasteiger partial charge is 0.355 e. The van der Waals surface area contributed by atoms with E-state index in [1.165, 1.54) is 51.7 Å². The number of imidazole rings is 1. The van der Waals surface area contributed by atoms with Crippen LogP contribution in [0.3, 0.4) is 0 Å². The van der Waals surface area contributed by atoms with E-state index in [4.69, 9.17) is 0 Å². The van der Waals surface area contributed by atoms with Crippen LogP contribution in [0.4, 0.5) is 5.95 Å². The van der Waals surface area contributed by atoms with Gasteiger partial charge in [-0.3, -0.25) is 0 Å². The van der Waals surface area contributed by atoms with E-state index >= 15 is 0 Å². The van der Waals surface area contributed by atoms with Crippen LogP contribution in [-0.4, -0.2) is 40.6 Å². The molecule has 1 N–H and O–H groups in total. The van der Waals surface area contributed by atoms with Crippen LogP contribution in [0.2, 0.25) is 0 Å². The van der Waals surface area contributed by atoms with E-state index in [1.807, 2.05) is 6.20 Å². The van der Waals surface area contributed by atoms with Gasteiger partial charge in [-0.25, -0.2) is 4.98 Å². The SMILES string of the molecule is CCN1CCC(CNc2nccn2C2CCCC2)C1. The Bertz CT molecular complexity index is 395. The second-order valence-corrected chi connectivity index (χ2v) is 6.03. The van der Waals surface area contributed by atoms with Crippen LogP contribution in [-0.2, 0) is 0 Å². The van der Waals surface area contributed by atoms with Crippen molar-refractivity contribution >= 4 is 5.95 Å². The fourth-order valence-electron chi connectivity index (χ4n) is 3.53. The van der Waals surface area contributed by atoms with E-state index in [0.717, 1.165) is 18.4 Å². The summed E-state index contributed by atoms with van der Waals surface area (Å²) >= 11 is 0. The van der Waals surface area contributed by atoms with Gasteiger partial charge in [-0.15, -0.1) is 0 Å². The lowest BCUT2D eigenvalue weighted by molar-refractivity contribution is 0.344. The van der Waals surface area contributed by atoms with Crippen LogP contribution < -0.4 is 5.32 Å². The molecular formula is C15H26N4. The zero-order valence-electron chi connectivity index (χ0n) is 12.0. The summed E-state index contributed by atoms with van der Waals surface area (Å²) in [7, 11) is 0. The summed E-state index contributed by atoms with van der Waals surface area (Å²) in [5.74, 6) is 1.87. The normalized spacial score (nSPS) is 25.2. The third kappa shape index (κ3) is 2.94. The quantitative estimate of drug-likeness (QED) is 0.885. The number of nitrogens with one attached hydrogen (secondary N) is 1. The molecule has 1 aliphatic heterocycles. The number of aromatic nitrogens is 2. The number of nitrogens with zero attached hydrogens (tertiary/aromatic N) is 3. The maximum Gasteiger partial charge on any atom is 0.203 e. The van der Waals surface area contributed by atoms with E-state index in [9.17, 15) is 0 Å². The van der Waals surface area contributed by atoms with Crippen LogP contribution >= 0.6 is 0 Å². The van der Waals surface area contributed by atoms with Crippen LogP contribution in [0, 0.1) is 5.92 Å². The Kier molecular flexibility index (Phi) is 4.06. The highest BCUT2D eigenvalue weighted by atomic mass is 15.2. The van der Waals surface area contributed by atoms with Gasteiger partial charge in [-0.2, -0.15) is 0 Å². The van der Waals surface area contributed by atoms with E-state index in [-0.39, 0.29) is 0 Å². The zero-order chi connectivity index (χ0) is 13.1. The highest BCUT2D eigenvalue weighted by Gasteiger charge is 2.22. The molecule has 4 heteroatoms. The number of rotatable bonds is 5. The Morgan fingerprint density at radius 2 is 2.16 bits per heavy atom. The first-order valence-corrected chi connectivity index (χ1v) is 7.86. The first kappa shape index (κ1) is 13.0. The average molecular weight is 262 g/mol. The highest BCUT2D eigenvalue weighted by Crippen LogP contribution is 2.31. The van der Waals surface area contributed by atoms with Gasteiger partial charge < -0.3 is 14.8 Å². The molecule has 0 spiro atoms. The van der Waals surface area contributed by atoms with Crippen molar-refractivity contribution in [3.63, 3.8) is 0 Å². The van der Waals surface area contributed by atoms with Crippen molar-refractivity contribution in [1.82, 2.24) is 14.5 Å². The highest BCUT2D eigenvalue weighted by molar-refractivity contribution is 5.27. The molecule has 0 radical (unpaired) electrons. The predicted molar refractivity (Wildman–Crippen MR) is 78.4 cm³/mol. The van der Waals surface area contributed by atoms with Crippen LogP contribution in [0.1, 0.15) is 45.1 Å². The lowest BCUT2D eigenvalue weighted by Crippen LogP contribution is -2.23. The van der Waals surface area contributed by atoms with Gasteiger partial charge in [-0.05, 0) is 38.3 Å². The molecule has 3 rings (SSSR count). The Labute approximate surface area is 116 Å². The van der Waals surface area contributed by atoms with Gasteiger partial charge in [0, 0.05) is 31.5 Å². The second kappa shape index (κ2) is 5.95. The number of hydrogen-bond donors (Lipinski definition) is 1. The third-order valence-corrected chi connectivity index (χ3v) is 4.75. The molecule has 1 atom stereocenters. The summed E-state index contributed by atoms with van der Waals surface area (Å²) in [4.78, 5) is 7.04. The Balaban J connectivity index is 1.54. The van der Waals surface area contributed by atoms with Crippen LogP contribution in [0.5, 0.6) is 0 Å². The molecule has 2 fully saturated rings. The van der Waals surface area contributed by atoms with Crippen molar-refractivity contribution in [2.24, 2.45) is 5.92 Å². The lowest BCUT2D eigenvalue weighted by atomic mass is 10.1. The monoisotopic (exact) mass is 262 g/mol. The number of likely N-dealkylation sites (tertiary alicyclic amines) is 1. The van der Waals surface area contributed by atoms with Gasteiger partial charge in [0.1, 0.15) is 0 Å². The standard InChI is InChI=1S/C15H26N4/c1-2-18-9-7-13(12-18)11-17-15-16-8-10-19(15)14-5-3-4-6-14/h8,10,13-14H,2-7,9,11-12H2,1H3,(H,16,17). The Morgan fingerprint density at radius 1 is 1.32 bits per heavy atom. The molecule has 1 saturated heterocycles. The van der Waals surface area contributed by atoms with Gasteiger partial charge in [0.15, 0.2) is 0 Å². The Hall–Kier alpha value is -1.03. The lowest BCUT2D eigenvalue weighted by Gasteiger charge is -2.18. The van der Waals surface area contributed by atoms with Gasteiger partial charge in [-0.1, -0.05) is 19.8 Å². The van der Waals surface area contributed by atoms with E-state index < -0.39 is 0 Å². The van der Waals surface area contributed by atoms with Gasteiger partial charge in [0.25, 0.3) is 0 Å². The molecule has 2 aliphatic rings. The molecule has 0 bridgehead atoms. The van der Waals surface area contributed by atoms with Crippen LogP contribution in [0.25, 0.3) is 0 Å². The molecule has 1 aromatic heterocycles. The van der Waals surface area contributed by atoms with E-state index in [1.54, 1.807) is 0 Å². The summed E-state index contributed by atoms with van der Waals surface area (Å²) in [6, 6.07) is 0.681. The maximum atomic E-state index is 4.50. The summed E-state index contributed by atoms with van der Waals surface area (Å²) in [5.41, 5.74) is 0.